The number of hydrogen-bond acceptors (Lipinski definition) is 3. The van der Waals surface area contributed by atoms with Crippen LogP contribution in [0, 0.1) is 6.92 Å². The van der Waals surface area contributed by atoms with Gasteiger partial charge in [0.1, 0.15) is 0 Å². The number of hydrogen-bond donors (Lipinski definition) is 1. The molecule has 0 bridgehead atoms. The van der Waals surface area contributed by atoms with Gasteiger partial charge in [-0.2, -0.15) is 0 Å². The van der Waals surface area contributed by atoms with Gasteiger partial charge in [-0.05, 0) is 32.4 Å². The summed E-state index contributed by atoms with van der Waals surface area (Å²) in [5.41, 5.74) is 2.54. The van der Waals surface area contributed by atoms with E-state index < -0.39 is 0 Å². The Hall–Kier alpha value is -1.19. The summed E-state index contributed by atoms with van der Waals surface area (Å²) in [6.07, 6.45) is 3.30. The normalized spacial score (nSPS) is 12.6. The average Bonchev–Trinajstić information content (AvgIpc) is 2.81. The highest BCUT2D eigenvalue weighted by molar-refractivity contribution is 7.09. The molecule has 1 unspecified atom stereocenters. The molecule has 1 atom stereocenters. The summed E-state index contributed by atoms with van der Waals surface area (Å²) in [5, 5.41) is 6.76. The lowest BCUT2D eigenvalue weighted by Crippen LogP contribution is -2.28. The summed E-state index contributed by atoms with van der Waals surface area (Å²) in [6.45, 7) is 2.05. The van der Waals surface area contributed by atoms with Crippen LogP contribution in [-0.2, 0) is 12.8 Å². The summed E-state index contributed by atoms with van der Waals surface area (Å²) in [6, 6.07) is 11.2. The van der Waals surface area contributed by atoms with Crippen LogP contribution in [0.15, 0.2) is 35.7 Å². The molecule has 96 valence electrons. The molecule has 0 amide bonds. The van der Waals surface area contributed by atoms with Crippen molar-refractivity contribution in [3.05, 3.63) is 52.0 Å². The molecule has 0 aliphatic rings. The highest BCUT2D eigenvalue weighted by Crippen LogP contribution is 2.14. The van der Waals surface area contributed by atoms with Gasteiger partial charge in [-0.25, -0.2) is 4.98 Å². The molecule has 18 heavy (non-hydrogen) atoms. The molecule has 0 saturated carbocycles. The first-order chi connectivity index (χ1) is 8.78. The number of nitrogens with one attached hydrogen (secondary N) is 1. The largest absolute Gasteiger partial charge is 0.317 e. The second kappa shape index (κ2) is 6.66. The van der Waals surface area contributed by atoms with Crippen molar-refractivity contribution in [1.82, 2.24) is 10.3 Å². The van der Waals surface area contributed by atoms with Gasteiger partial charge in [0.2, 0.25) is 0 Å². The molecule has 1 N–H and O–H groups in total. The number of aryl methyl sites for hydroxylation is 2. The molecular formula is C15H20N2S. The quantitative estimate of drug-likeness (QED) is 0.862. The van der Waals surface area contributed by atoms with E-state index in [-0.39, 0.29) is 0 Å². The summed E-state index contributed by atoms with van der Waals surface area (Å²) >= 11 is 1.76. The van der Waals surface area contributed by atoms with Gasteiger partial charge in [0.25, 0.3) is 0 Å². The van der Waals surface area contributed by atoms with E-state index in [0.717, 1.165) is 25.0 Å². The third kappa shape index (κ3) is 3.93. The minimum atomic E-state index is 0.510. The lowest BCUT2D eigenvalue weighted by atomic mass is 10.0. The summed E-state index contributed by atoms with van der Waals surface area (Å²) < 4.78 is 0. The lowest BCUT2D eigenvalue weighted by molar-refractivity contribution is 0.519. The molecular weight excluding hydrogens is 240 g/mol. The van der Waals surface area contributed by atoms with Crippen molar-refractivity contribution in [3.63, 3.8) is 0 Å². The fraction of sp³-hybridized carbons (Fsp3) is 0.400. The minimum absolute atomic E-state index is 0.510. The van der Waals surface area contributed by atoms with Crippen LogP contribution in [-0.4, -0.2) is 18.1 Å². The van der Waals surface area contributed by atoms with Crippen molar-refractivity contribution in [2.24, 2.45) is 0 Å². The highest BCUT2D eigenvalue weighted by Gasteiger charge is 2.09. The maximum Gasteiger partial charge on any atom is 0.0943 e. The van der Waals surface area contributed by atoms with Gasteiger partial charge in [-0.3, -0.25) is 0 Å². The topological polar surface area (TPSA) is 24.9 Å². The van der Waals surface area contributed by atoms with Gasteiger partial charge in [0, 0.05) is 23.5 Å². The summed E-state index contributed by atoms with van der Waals surface area (Å²) in [7, 11) is 2.04. The zero-order valence-electron chi connectivity index (χ0n) is 11.0. The maximum atomic E-state index is 4.53. The van der Waals surface area contributed by atoms with E-state index in [0.29, 0.717) is 6.04 Å². The second-order valence-corrected chi connectivity index (χ2v) is 5.54. The Morgan fingerprint density at radius 2 is 2.06 bits per heavy atom. The Kier molecular flexibility index (Phi) is 4.90. The van der Waals surface area contributed by atoms with Gasteiger partial charge in [-0.15, -0.1) is 11.3 Å². The highest BCUT2D eigenvalue weighted by atomic mass is 32.1. The smallest absolute Gasteiger partial charge is 0.0943 e. The predicted molar refractivity (Wildman–Crippen MR) is 78.2 cm³/mol. The zero-order chi connectivity index (χ0) is 12.8. The van der Waals surface area contributed by atoms with Crippen molar-refractivity contribution in [2.45, 2.75) is 32.2 Å². The number of aromatic nitrogens is 1. The molecule has 2 aromatic rings. The van der Waals surface area contributed by atoms with Crippen LogP contribution < -0.4 is 5.32 Å². The molecule has 0 radical (unpaired) electrons. The Labute approximate surface area is 113 Å². The number of nitrogens with zero attached hydrogens (tertiary/aromatic N) is 1. The van der Waals surface area contributed by atoms with Crippen molar-refractivity contribution in [1.29, 1.82) is 0 Å². The van der Waals surface area contributed by atoms with Crippen LogP contribution in [0.25, 0.3) is 0 Å². The fourth-order valence-electron chi connectivity index (χ4n) is 2.04. The first-order valence-electron chi connectivity index (χ1n) is 6.40. The third-order valence-electron chi connectivity index (χ3n) is 3.12. The molecule has 0 spiro atoms. The van der Waals surface area contributed by atoms with Crippen molar-refractivity contribution < 1.29 is 0 Å². The monoisotopic (exact) mass is 260 g/mol. The van der Waals surface area contributed by atoms with Gasteiger partial charge in [-0.1, -0.05) is 30.3 Å². The van der Waals surface area contributed by atoms with E-state index in [1.807, 2.05) is 7.05 Å². The first-order valence-corrected chi connectivity index (χ1v) is 7.28. The van der Waals surface area contributed by atoms with Gasteiger partial charge in [0.15, 0.2) is 0 Å². The molecule has 1 aromatic heterocycles. The zero-order valence-corrected chi connectivity index (χ0v) is 11.8. The van der Waals surface area contributed by atoms with Crippen LogP contribution >= 0.6 is 11.3 Å². The van der Waals surface area contributed by atoms with Crippen LogP contribution in [0.2, 0.25) is 0 Å². The van der Waals surface area contributed by atoms with E-state index in [2.05, 4.69) is 52.9 Å². The van der Waals surface area contributed by atoms with Crippen molar-refractivity contribution >= 4 is 11.3 Å². The number of thiazole rings is 1. The number of benzene rings is 1. The molecule has 0 saturated heterocycles. The second-order valence-electron chi connectivity index (χ2n) is 4.60. The van der Waals surface area contributed by atoms with Crippen molar-refractivity contribution in [2.75, 3.05) is 7.05 Å². The van der Waals surface area contributed by atoms with E-state index in [4.69, 9.17) is 0 Å². The Balaban J connectivity index is 1.86. The molecule has 1 aromatic carbocycles. The average molecular weight is 260 g/mol. The minimum Gasteiger partial charge on any atom is -0.317 e. The van der Waals surface area contributed by atoms with Crippen LogP contribution in [0.5, 0.6) is 0 Å². The van der Waals surface area contributed by atoms with Gasteiger partial charge < -0.3 is 5.32 Å². The van der Waals surface area contributed by atoms with Crippen LogP contribution in [0.3, 0.4) is 0 Å². The van der Waals surface area contributed by atoms with E-state index in [1.54, 1.807) is 11.3 Å². The molecule has 0 aliphatic heterocycles. The molecule has 2 nitrogen and oxygen atoms in total. The summed E-state index contributed by atoms with van der Waals surface area (Å²) in [5.74, 6) is 0. The number of likely N-dealkylation sites (N-methyl/N-ethyl adjacent to an activating group) is 1. The van der Waals surface area contributed by atoms with Crippen LogP contribution in [0.1, 0.15) is 22.7 Å². The summed E-state index contributed by atoms with van der Waals surface area (Å²) in [4.78, 5) is 4.53. The Morgan fingerprint density at radius 1 is 1.28 bits per heavy atom. The lowest BCUT2D eigenvalue weighted by Gasteiger charge is -2.14. The van der Waals surface area contributed by atoms with E-state index in [1.165, 1.54) is 10.6 Å². The van der Waals surface area contributed by atoms with Crippen LogP contribution in [0.4, 0.5) is 0 Å². The molecule has 3 heteroatoms. The third-order valence-corrected chi connectivity index (χ3v) is 4.11. The van der Waals surface area contributed by atoms with Crippen molar-refractivity contribution in [3.8, 4) is 0 Å². The molecule has 0 fully saturated rings. The number of rotatable bonds is 6. The van der Waals surface area contributed by atoms with Gasteiger partial charge >= 0.3 is 0 Å². The Morgan fingerprint density at radius 3 is 2.67 bits per heavy atom. The molecule has 2 rings (SSSR count). The molecule has 0 aliphatic carbocycles. The predicted octanol–water partition coefficient (Wildman–Crippen LogP) is 3.21. The van der Waals surface area contributed by atoms with E-state index >= 15 is 0 Å². The Bertz CT molecular complexity index is 464. The van der Waals surface area contributed by atoms with E-state index in [9.17, 15) is 0 Å². The molecule has 1 heterocycles. The SMILES string of the molecule is CNC(CCc1ccccc1)Cc1nc(C)cs1. The maximum absolute atomic E-state index is 4.53. The fourth-order valence-corrected chi connectivity index (χ4v) is 2.89. The van der Waals surface area contributed by atoms with Gasteiger partial charge in [0.05, 0.1) is 5.01 Å². The first kappa shape index (κ1) is 13.2. The standard InChI is InChI=1S/C15H20N2S/c1-12-11-18-15(17-12)10-14(16-2)9-8-13-6-4-3-5-7-13/h3-7,11,14,16H,8-10H2,1-2H3.